The highest BCUT2D eigenvalue weighted by Gasteiger charge is 2.30. The normalized spacial score (nSPS) is 15.0. The summed E-state index contributed by atoms with van der Waals surface area (Å²) in [5.41, 5.74) is 2.36. The second-order valence-electron chi connectivity index (χ2n) is 6.28. The third-order valence-electron chi connectivity index (χ3n) is 4.62. The second kappa shape index (κ2) is 5.91. The minimum Gasteiger partial charge on any atom is -0.361 e. The molecule has 23 heavy (non-hydrogen) atoms. The van der Waals surface area contributed by atoms with Crippen LogP contribution in [-0.4, -0.2) is 38.4 Å². The zero-order chi connectivity index (χ0) is 15.6. The number of imidazole rings is 1. The molecule has 4 rings (SSSR count). The maximum absolute atomic E-state index is 12.3. The summed E-state index contributed by atoms with van der Waals surface area (Å²) in [5.74, 6) is 0.818. The standard InChI is InChI=1S/C18H20N4O/c23-18(22-11-14(12-22)10-21-8-7-19-13-21)6-5-15-9-20-17-4-2-1-3-16(15)17/h1-4,7-9,13-14,20H,5-6,10-12H2. The zero-order valence-corrected chi connectivity index (χ0v) is 13.0. The number of amides is 1. The molecule has 2 aromatic heterocycles. The first-order valence-corrected chi connectivity index (χ1v) is 8.08. The van der Waals surface area contributed by atoms with Gasteiger partial charge in [-0.05, 0) is 18.1 Å². The van der Waals surface area contributed by atoms with Gasteiger partial charge in [-0.2, -0.15) is 0 Å². The van der Waals surface area contributed by atoms with E-state index < -0.39 is 0 Å². The average Bonchev–Trinajstić information content (AvgIpc) is 3.17. The van der Waals surface area contributed by atoms with Gasteiger partial charge in [-0.25, -0.2) is 4.98 Å². The highest BCUT2D eigenvalue weighted by molar-refractivity contribution is 5.84. The molecule has 5 nitrogen and oxygen atoms in total. The second-order valence-corrected chi connectivity index (χ2v) is 6.28. The maximum atomic E-state index is 12.3. The van der Waals surface area contributed by atoms with Crippen LogP contribution in [0.1, 0.15) is 12.0 Å². The van der Waals surface area contributed by atoms with Gasteiger partial charge < -0.3 is 14.5 Å². The van der Waals surface area contributed by atoms with Crippen molar-refractivity contribution in [1.82, 2.24) is 19.4 Å². The number of H-pyrrole nitrogens is 1. The Morgan fingerprint density at radius 3 is 3.00 bits per heavy atom. The molecule has 1 amide bonds. The molecule has 3 heterocycles. The van der Waals surface area contributed by atoms with Crippen LogP contribution in [0.4, 0.5) is 0 Å². The minimum absolute atomic E-state index is 0.261. The number of aromatic amines is 1. The smallest absolute Gasteiger partial charge is 0.222 e. The van der Waals surface area contributed by atoms with Gasteiger partial charge in [0.25, 0.3) is 0 Å². The van der Waals surface area contributed by atoms with Crippen LogP contribution in [0, 0.1) is 5.92 Å². The number of benzene rings is 1. The fourth-order valence-electron chi connectivity index (χ4n) is 3.32. The highest BCUT2D eigenvalue weighted by Crippen LogP contribution is 2.22. The molecule has 1 aliphatic rings. The van der Waals surface area contributed by atoms with E-state index in [-0.39, 0.29) is 5.91 Å². The summed E-state index contributed by atoms with van der Waals surface area (Å²) in [6.45, 7) is 2.68. The topological polar surface area (TPSA) is 53.9 Å². The van der Waals surface area contributed by atoms with E-state index in [0.717, 1.165) is 31.6 Å². The molecule has 0 spiro atoms. The Kier molecular flexibility index (Phi) is 3.61. The Balaban J connectivity index is 1.28. The maximum Gasteiger partial charge on any atom is 0.222 e. The Morgan fingerprint density at radius 1 is 1.30 bits per heavy atom. The van der Waals surface area contributed by atoms with Crippen molar-refractivity contribution in [3.8, 4) is 0 Å². The number of hydrogen-bond donors (Lipinski definition) is 1. The van der Waals surface area contributed by atoms with Crippen molar-refractivity contribution in [2.75, 3.05) is 13.1 Å². The predicted octanol–water partition coefficient (Wildman–Crippen LogP) is 2.46. The molecule has 0 radical (unpaired) electrons. The Labute approximate surface area is 134 Å². The number of aryl methyl sites for hydroxylation is 1. The van der Waals surface area contributed by atoms with Crippen LogP contribution in [0.25, 0.3) is 10.9 Å². The molecule has 0 atom stereocenters. The lowest BCUT2D eigenvalue weighted by Gasteiger charge is -2.39. The summed E-state index contributed by atoms with van der Waals surface area (Å²) >= 11 is 0. The highest BCUT2D eigenvalue weighted by atomic mass is 16.2. The van der Waals surface area contributed by atoms with Gasteiger partial charge >= 0.3 is 0 Å². The molecule has 3 aromatic rings. The lowest BCUT2D eigenvalue weighted by atomic mass is 9.98. The number of para-hydroxylation sites is 1. The van der Waals surface area contributed by atoms with E-state index in [1.54, 1.807) is 6.20 Å². The lowest BCUT2D eigenvalue weighted by Crippen LogP contribution is -2.51. The number of hydrogen-bond acceptors (Lipinski definition) is 2. The van der Waals surface area contributed by atoms with Crippen LogP contribution in [0.2, 0.25) is 0 Å². The summed E-state index contributed by atoms with van der Waals surface area (Å²) in [6.07, 6.45) is 9.01. The minimum atomic E-state index is 0.261. The predicted molar refractivity (Wildman–Crippen MR) is 88.9 cm³/mol. The van der Waals surface area contributed by atoms with Crippen LogP contribution < -0.4 is 0 Å². The van der Waals surface area contributed by atoms with Crippen molar-refractivity contribution in [2.24, 2.45) is 5.92 Å². The van der Waals surface area contributed by atoms with Gasteiger partial charge in [-0.15, -0.1) is 0 Å². The number of nitrogens with zero attached hydrogens (tertiary/aromatic N) is 3. The van der Waals surface area contributed by atoms with Gasteiger partial charge in [0.05, 0.1) is 6.33 Å². The number of carbonyl (C=O) groups excluding carboxylic acids is 1. The van der Waals surface area contributed by atoms with Crippen molar-refractivity contribution in [2.45, 2.75) is 19.4 Å². The summed E-state index contributed by atoms with van der Waals surface area (Å²) in [5, 5.41) is 1.22. The molecule has 0 unspecified atom stereocenters. The van der Waals surface area contributed by atoms with E-state index in [1.165, 1.54) is 10.9 Å². The molecule has 0 bridgehead atoms. The number of fused-ring (bicyclic) bond motifs is 1. The number of nitrogens with one attached hydrogen (secondary N) is 1. The Bertz CT molecular complexity index is 799. The van der Waals surface area contributed by atoms with Gasteiger partial charge in [0.1, 0.15) is 0 Å². The van der Waals surface area contributed by atoms with E-state index in [2.05, 4.69) is 26.7 Å². The number of likely N-dealkylation sites (tertiary alicyclic amines) is 1. The zero-order valence-electron chi connectivity index (χ0n) is 13.0. The van der Waals surface area contributed by atoms with Crippen molar-refractivity contribution in [3.05, 3.63) is 54.7 Å². The molecule has 1 N–H and O–H groups in total. The third kappa shape index (κ3) is 2.86. The van der Waals surface area contributed by atoms with E-state index in [9.17, 15) is 4.79 Å². The first-order valence-electron chi connectivity index (χ1n) is 8.08. The quantitative estimate of drug-likeness (QED) is 0.787. The van der Waals surface area contributed by atoms with Crippen molar-refractivity contribution in [1.29, 1.82) is 0 Å². The molecular weight excluding hydrogens is 288 g/mol. The molecule has 118 valence electrons. The van der Waals surface area contributed by atoms with Crippen LogP contribution >= 0.6 is 0 Å². The molecule has 0 aliphatic carbocycles. The van der Waals surface area contributed by atoms with Gasteiger partial charge in [-0.3, -0.25) is 4.79 Å². The van der Waals surface area contributed by atoms with Gasteiger partial charge in [0.15, 0.2) is 0 Å². The van der Waals surface area contributed by atoms with Gasteiger partial charge in [-0.1, -0.05) is 18.2 Å². The molecule has 1 aliphatic heterocycles. The number of rotatable bonds is 5. The monoisotopic (exact) mass is 308 g/mol. The fraction of sp³-hybridized carbons (Fsp3) is 0.333. The summed E-state index contributed by atoms with van der Waals surface area (Å²) in [6, 6.07) is 8.24. The van der Waals surface area contributed by atoms with Crippen molar-refractivity contribution in [3.63, 3.8) is 0 Å². The van der Waals surface area contributed by atoms with Gasteiger partial charge in [0, 0.05) is 61.5 Å². The molecule has 0 saturated carbocycles. The van der Waals surface area contributed by atoms with Crippen LogP contribution in [0.3, 0.4) is 0 Å². The molecule has 1 aromatic carbocycles. The van der Waals surface area contributed by atoms with E-state index in [4.69, 9.17) is 0 Å². The lowest BCUT2D eigenvalue weighted by molar-refractivity contribution is -0.137. The Hall–Kier alpha value is -2.56. The molecule has 5 heteroatoms. The molecule has 1 saturated heterocycles. The summed E-state index contributed by atoms with van der Waals surface area (Å²) in [7, 11) is 0. The summed E-state index contributed by atoms with van der Waals surface area (Å²) < 4.78 is 2.08. The van der Waals surface area contributed by atoms with Crippen LogP contribution in [0.5, 0.6) is 0 Å². The summed E-state index contributed by atoms with van der Waals surface area (Å²) in [4.78, 5) is 21.6. The van der Waals surface area contributed by atoms with E-state index in [0.29, 0.717) is 12.3 Å². The first kappa shape index (κ1) is 14.1. The number of aromatic nitrogens is 3. The van der Waals surface area contributed by atoms with Crippen molar-refractivity contribution >= 4 is 16.8 Å². The van der Waals surface area contributed by atoms with E-state index in [1.807, 2.05) is 35.8 Å². The first-order chi connectivity index (χ1) is 11.3. The average molecular weight is 308 g/mol. The van der Waals surface area contributed by atoms with Gasteiger partial charge in [0.2, 0.25) is 5.91 Å². The fourth-order valence-corrected chi connectivity index (χ4v) is 3.32. The number of carbonyl (C=O) groups is 1. The Morgan fingerprint density at radius 2 is 2.17 bits per heavy atom. The van der Waals surface area contributed by atoms with Crippen LogP contribution in [0.15, 0.2) is 49.2 Å². The largest absolute Gasteiger partial charge is 0.361 e. The van der Waals surface area contributed by atoms with E-state index >= 15 is 0 Å². The SMILES string of the molecule is O=C(CCc1c[nH]c2ccccc12)N1CC(Cn2ccnc2)C1. The van der Waals surface area contributed by atoms with Crippen molar-refractivity contribution < 1.29 is 4.79 Å². The molecular formula is C18H20N4O. The molecule has 1 fully saturated rings. The van der Waals surface area contributed by atoms with Crippen LogP contribution in [-0.2, 0) is 17.8 Å². The third-order valence-corrected chi connectivity index (χ3v) is 4.62.